The second-order valence-corrected chi connectivity index (χ2v) is 6.46. The number of nitrogens with one attached hydrogen (secondary N) is 2. The fourth-order valence-corrected chi connectivity index (χ4v) is 2.97. The van der Waals surface area contributed by atoms with E-state index in [0.717, 1.165) is 25.2 Å². The molecule has 1 aliphatic rings. The summed E-state index contributed by atoms with van der Waals surface area (Å²) in [5.41, 5.74) is -0.863. The molecule has 1 aromatic heterocycles. The van der Waals surface area contributed by atoms with E-state index < -0.39 is 17.6 Å². The Morgan fingerprint density at radius 3 is 2.67 bits per heavy atom. The van der Waals surface area contributed by atoms with Gasteiger partial charge in [0.15, 0.2) is 0 Å². The molecule has 0 bridgehead atoms. The van der Waals surface area contributed by atoms with E-state index in [1.165, 1.54) is 24.4 Å². The third kappa shape index (κ3) is 5.11. The molecular weight excluding hydrogens is 383 g/mol. The van der Waals surface area contributed by atoms with Crippen LogP contribution in [-0.4, -0.2) is 30.1 Å². The lowest BCUT2D eigenvalue weighted by Gasteiger charge is -2.24. The van der Waals surface area contributed by atoms with Gasteiger partial charge in [-0.05, 0) is 50.2 Å². The van der Waals surface area contributed by atoms with Crippen LogP contribution in [0, 0.1) is 0 Å². The normalized spacial score (nSPS) is 15.4. The molecule has 1 amide bonds. The van der Waals surface area contributed by atoms with Gasteiger partial charge in [0.1, 0.15) is 17.0 Å². The largest absolute Gasteiger partial charge is 0.490 e. The molecular formula is C18H17ClF3N3O2. The average molecular weight is 400 g/mol. The fourth-order valence-electron chi connectivity index (χ4n) is 2.76. The number of rotatable bonds is 4. The van der Waals surface area contributed by atoms with E-state index in [2.05, 4.69) is 15.6 Å². The molecule has 1 aliphatic heterocycles. The number of amides is 1. The summed E-state index contributed by atoms with van der Waals surface area (Å²) in [5.74, 6) is -0.593. The summed E-state index contributed by atoms with van der Waals surface area (Å²) in [6, 6.07) is 6.12. The van der Waals surface area contributed by atoms with Crippen molar-refractivity contribution in [3.05, 3.63) is 52.8 Å². The van der Waals surface area contributed by atoms with Crippen molar-refractivity contribution >= 4 is 23.2 Å². The molecule has 9 heteroatoms. The van der Waals surface area contributed by atoms with Gasteiger partial charge in [-0.15, -0.1) is 0 Å². The summed E-state index contributed by atoms with van der Waals surface area (Å²) in [6.07, 6.45) is -1.94. The predicted octanol–water partition coefficient (Wildman–Crippen LogP) is 4.14. The van der Waals surface area contributed by atoms with Gasteiger partial charge in [-0.1, -0.05) is 11.6 Å². The number of alkyl halides is 3. The predicted molar refractivity (Wildman–Crippen MR) is 95.2 cm³/mol. The first kappa shape index (κ1) is 19.4. The Labute approximate surface area is 158 Å². The van der Waals surface area contributed by atoms with Crippen molar-refractivity contribution in [1.29, 1.82) is 0 Å². The molecule has 0 unspecified atom stereocenters. The number of carbonyl (C=O) groups excluding carboxylic acids is 1. The molecule has 2 N–H and O–H groups in total. The van der Waals surface area contributed by atoms with Crippen LogP contribution in [0.4, 0.5) is 18.9 Å². The molecule has 2 heterocycles. The molecule has 144 valence electrons. The van der Waals surface area contributed by atoms with Gasteiger partial charge in [0.2, 0.25) is 0 Å². The number of carbonyl (C=O) groups is 1. The number of nitrogens with zero attached hydrogens (tertiary/aromatic N) is 1. The van der Waals surface area contributed by atoms with E-state index in [4.69, 9.17) is 16.3 Å². The number of benzene rings is 1. The smallest absolute Gasteiger partial charge is 0.416 e. The molecule has 0 aliphatic carbocycles. The number of ether oxygens (including phenoxy) is 1. The van der Waals surface area contributed by atoms with Crippen molar-refractivity contribution in [3.8, 4) is 5.75 Å². The van der Waals surface area contributed by atoms with E-state index in [9.17, 15) is 18.0 Å². The van der Waals surface area contributed by atoms with Crippen LogP contribution >= 0.6 is 11.6 Å². The van der Waals surface area contributed by atoms with E-state index in [0.29, 0.717) is 12.8 Å². The minimum atomic E-state index is -4.57. The van der Waals surface area contributed by atoms with Crippen molar-refractivity contribution < 1.29 is 22.7 Å². The minimum Gasteiger partial charge on any atom is -0.490 e. The summed E-state index contributed by atoms with van der Waals surface area (Å²) in [7, 11) is 0. The zero-order valence-electron chi connectivity index (χ0n) is 14.1. The van der Waals surface area contributed by atoms with Gasteiger partial charge in [0, 0.05) is 18.0 Å². The van der Waals surface area contributed by atoms with Gasteiger partial charge in [-0.25, -0.2) is 4.98 Å². The minimum absolute atomic E-state index is 0.0290. The molecule has 0 saturated carbocycles. The van der Waals surface area contributed by atoms with Crippen LogP contribution in [-0.2, 0) is 6.18 Å². The Morgan fingerprint density at radius 1 is 1.26 bits per heavy atom. The lowest BCUT2D eigenvalue weighted by molar-refractivity contribution is -0.137. The van der Waals surface area contributed by atoms with Gasteiger partial charge in [0.25, 0.3) is 5.91 Å². The fraction of sp³-hybridized carbons (Fsp3) is 0.333. The highest BCUT2D eigenvalue weighted by Gasteiger charge is 2.32. The van der Waals surface area contributed by atoms with Crippen LogP contribution in [0.15, 0.2) is 36.5 Å². The Morgan fingerprint density at radius 2 is 2.00 bits per heavy atom. The van der Waals surface area contributed by atoms with E-state index in [1.807, 2.05) is 0 Å². The van der Waals surface area contributed by atoms with Gasteiger partial charge >= 0.3 is 6.18 Å². The second-order valence-electron chi connectivity index (χ2n) is 6.11. The highest BCUT2D eigenvalue weighted by molar-refractivity contribution is 6.33. The van der Waals surface area contributed by atoms with Crippen LogP contribution in [0.2, 0.25) is 5.15 Å². The summed E-state index contributed by atoms with van der Waals surface area (Å²) in [6.45, 7) is 1.49. The molecule has 5 nitrogen and oxygen atoms in total. The number of pyridine rings is 1. The van der Waals surface area contributed by atoms with Crippen molar-refractivity contribution in [1.82, 2.24) is 10.3 Å². The van der Waals surface area contributed by atoms with Crippen molar-refractivity contribution in [2.45, 2.75) is 25.1 Å². The number of hydrogen-bond donors (Lipinski definition) is 2. The topological polar surface area (TPSA) is 63.2 Å². The van der Waals surface area contributed by atoms with E-state index in [1.54, 1.807) is 0 Å². The third-order valence-electron chi connectivity index (χ3n) is 4.08. The molecule has 0 spiro atoms. The molecule has 3 rings (SSSR count). The average Bonchev–Trinajstić information content (AvgIpc) is 2.62. The maximum absolute atomic E-state index is 13.2. The molecule has 0 radical (unpaired) electrons. The monoisotopic (exact) mass is 399 g/mol. The Kier molecular flexibility index (Phi) is 5.86. The van der Waals surface area contributed by atoms with Gasteiger partial charge in [-0.3, -0.25) is 4.79 Å². The Hall–Kier alpha value is -2.32. The quantitative estimate of drug-likeness (QED) is 0.758. The Balaban J connectivity index is 1.85. The number of halogens is 4. The number of piperidine rings is 1. The van der Waals surface area contributed by atoms with Crippen LogP contribution in [0.3, 0.4) is 0 Å². The number of hydrogen-bond acceptors (Lipinski definition) is 4. The highest BCUT2D eigenvalue weighted by atomic mass is 35.5. The van der Waals surface area contributed by atoms with Crippen LogP contribution in [0.1, 0.15) is 28.8 Å². The van der Waals surface area contributed by atoms with Crippen molar-refractivity contribution in [3.63, 3.8) is 0 Å². The SMILES string of the molecule is O=C(Nc1cc(OC2CCNCC2)cc(C(F)(F)F)c1)c1cccnc1Cl. The number of aromatic nitrogens is 1. The second kappa shape index (κ2) is 8.14. The standard InChI is InChI=1S/C18H17ClF3N3O2/c19-16-15(2-1-5-24-16)17(26)25-12-8-11(18(20,21)22)9-14(10-12)27-13-3-6-23-7-4-13/h1-2,5,8-10,13,23H,3-4,6-7H2,(H,25,26). The van der Waals surface area contributed by atoms with Crippen LogP contribution < -0.4 is 15.4 Å². The van der Waals surface area contributed by atoms with Crippen LogP contribution in [0.5, 0.6) is 5.75 Å². The zero-order valence-corrected chi connectivity index (χ0v) is 14.9. The first-order valence-corrected chi connectivity index (χ1v) is 8.72. The molecule has 1 fully saturated rings. The molecule has 0 atom stereocenters. The highest BCUT2D eigenvalue weighted by Crippen LogP contribution is 2.35. The van der Waals surface area contributed by atoms with Crippen molar-refractivity contribution in [2.75, 3.05) is 18.4 Å². The summed E-state index contributed by atoms with van der Waals surface area (Å²) in [4.78, 5) is 16.1. The van der Waals surface area contributed by atoms with E-state index >= 15 is 0 Å². The van der Waals surface area contributed by atoms with Crippen molar-refractivity contribution in [2.24, 2.45) is 0 Å². The van der Waals surface area contributed by atoms with Gasteiger partial charge in [0.05, 0.1) is 11.1 Å². The number of anilines is 1. The lowest BCUT2D eigenvalue weighted by atomic mass is 10.1. The first-order chi connectivity index (χ1) is 12.8. The Bertz CT molecular complexity index is 824. The van der Waals surface area contributed by atoms with E-state index in [-0.39, 0.29) is 28.3 Å². The lowest BCUT2D eigenvalue weighted by Crippen LogP contribution is -2.34. The summed E-state index contributed by atoms with van der Waals surface area (Å²) < 4.78 is 45.4. The molecule has 1 aromatic carbocycles. The summed E-state index contributed by atoms with van der Waals surface area (Å²) in [5, 5.41) is 5.56. The first-order valence-electron chi connectivity index (χ1n) is 8.34. The van der Waals surface area contributed by atoms with Gasteiger partial charge < -0.3 is 15.4 Å². The molecule has 1 saturated heterocycles. The molecule has 2 aromatic rings. The summed E-state index contributed by atoms with van der Waals surface area (Å²) >= 11 is 5.87. The third-order valence-corrected chi connectivity index (χ3v) is 4.39. The maximum atomic E-state index is 13.2. The maximum Gasteiger partial charge on any atom is 0.416 e. The zero-order chi connectivity index (χ0) is 19.4. The molecule has 27 heavy (non-hydrogen) atoms. The van der Waals surface area contributed by atoms with Crippen LogP contribution in [0.25, 0.3) is 0 Å². The van der Waals surface area contributed by atoms with Gasteiger partial charge in [-0.2, -0.15) is 13.2 Å².